The van der Waals surface area contributed by atoms with Crippen LogP contribution in [0.1, 0.15) is 12.5 Å². The van der Waals surface area contributed by atoms with Gasteiger partial charge in [-0.25, -0.2) is 4.39 Å². The van der Waals surface area contributed by atoms with Crippen molar-refractivity contribution in [3.8, 4) is 5.75 Å². The van der Waals surface area contributed by atoms with Crippen LogP contribution in [0.5, 0.6) is 5.75 Å². The molecule has 1 nitrogen and oxygen atoms in total. The normalized spacial score (nSPS) is 9.50. The predicted octanol–water partition coefficient (Wildman–Crippen LogP) is 2.87. The van der Waals surface area contributed by atoms with E-state index in [1.54, 1.807) is 18.2 Å². The van der Waals surface area contributed by atoms with Crippen LogP contribution in [-0.2, 0) is 0 Å². The van der Waals surface area contributed by atoms with Gasteiger partial charge in [0.05, 0.1) is 6.61 Å². The topological polar surface area (TPSA) is 9.23 Å². The molecule has 0 atom stereocenters. The summed E-state index contributed by atoms with van der Waals surface area (Å²) in [5, 5.41) is 0. The molecule has 0 radical (unpaired) electrons. The Kier molecular flexibility index (Phi) is 2.86. The van der Waals surface area contributed by atoms with E-state index >= 15 is 0 Å². The van der Waals surface area contributed by atoms with E-state index in [9.17, 15) is 4.39 Å². The van der Waals surface area contributed by atoms with Gasteiger partial charge in [0.2, 0.25) is 0 Å². The lowest BCUT2D eigenvalue weighted by Gasteiger charge is -2.07. The summed E-state index contributed by atoms with van der Waals surface area (Å²) in [6, 6.07) is 4.77. The summed E-state index contributed by atoms with van der Waals surface area (Å²) in [7, 11) is 0. The average molecular weight is 166 g/mol. The van der Waals surface area contributed by atoms with E-state index < -0.39 is 0 Å². The maximum atomic E-state index is 13.1. The van der Waals surface area contributed by atoms with Crippen LogP contribution in [0.3, 0.4) is 0 Å². The van der Waals surface area contributed by atoms with Gasteiger partial charge in [-0.05, 0) is 13.0 Å². The lowest BCUT2D eigenvalue weighted by Crippen LogP contribution is -1.96. The van der Waals surface area contributed by atoms with E-state index in [2.05, 4.69) is 6.58 Å². The van der Waals surface area contributed by atoms with E-state index in [4.69, 9.17) is 4.74 Å². The van der Waals surface area contributed by atoms with Gasteiger partial charge in [0, 0.05) is 5.56 Å². The van der Waals surface area contributed by atoms with Crippen molar-refractivity contribution < 1.29 is 9.13 Å². The molecule has 0 amide bonds. The lowest BCUT2D eigenvalue weighted by atomic mass is 10.2. The largest absolute Gasteiger partial charge is 0.490 e. The molecular formula is C10H11FO. The van der Waals surface area contributed by atoms with Gasteiger partial charge in [-0.15, -0.1) is 0 Å². The summed E-state index contributed by atoms with van der Waals surface area (Å²) in [5.74, 6) is -0.0516. The van der Waals surface area contributed by atoms with Crippen molar-refractivity contribution in [2.75, 3.05) is 6.61 Å². The van der Waals surface area contributed by atoms with Crippen LogP contribution >= 0.6 is 0 Å². The zero-order valence-electron chi connectivity index (χ0n) is 7.01. The smallest absolute Gasteiger partial charge is 0.165 e. The first kappa shape index (κ1) is 8.78. The fourth-order valence-corrected chi connectivity index (χ4v) is 0.983. The predicted molar refractivity (Wildman–Crippen MR) is 47.7 cm³/mol. The van der Waals surface area contributed by atoms with E-state index in [-0.39, 0.29) is 11.6 Å². The number of halogens is 1. The van der Waals surface area contributed by atoms with Crippen LogP contribution in [0, 0.1) is 5.82 Å². The van der Waals surface area contributed by atoms with Gasteiger partial charge < -0.3 is 4.74 Å². The third kappa shape index (κ3) is 1.64. The van der Waals surface area contributed by atoms with Gasteiger partial charge in [-0.2, -0.15) is 0 Å². The summed E-state index contributed by atoms with van der Waals surface area (Å²) in [6.07, 6.45) is 1.58. The first-order valence-electron chi connectivity index (χ1n) is 3.83. The van der Waals surface area contributed by atoms with Crippen LogP contribution < -0.4 is 4.74 Å². The zero-order chi connectivity index (χ0) is 8.97. The minimum Gasteiger partial charge on any atom is -0.490 e. The molecule has 0 heterocycles. The van der Waals surface area contributed by atoms with Crippen LogP contribution in [0.25, 0.3) is 6.08 Å². The molecule has 0 aliphatic carbocycles. The molecule has 0 spiro atoms. The summed E-state index contributed by atoms with van der Waals surface area (Å²) < 4.78 is 18.2. The Morgan fingerprint density at radius 3 is 2.92 bits per heavy atom. The molecule has 0 N–H and O–H groups in total. The van der Waals surface area contributed by atoms with Crippen molar-refractivity contribution in [2.24, 2.45) is 0 Å². The molecule has 2 heteroatoms. The molecule has 0 unspecified atom stereocenters. The Morgan fingerprint density at radius 1 is 1.58 bits per heavy atom. The van der Waals surface area contributed by atoms with Gasteiger partial charge in [-0.1, -0.05) is 24.8 Å². The number of para-hydroxylation sites is 1. The highest BCUT2D eigenvalue weighted by Crippen LogP contribution is 2.23. The molecule has 64 valence electrons. The van der Waals surface area contributed by atoms with Crippen molar-refractivity contribution in [3.05, 3.63) is 36.2 Å². The Labute approximate surface area is 71.5 Å². The van der Waals surface area contributed by atoms with Gasteiger partial charge in [0.15, 0.2) is 11.6 Å². The minimum atomic E-state index is -0.339. The van der Waals surface area contributed by atoms with Gasteiger partial charge in [0.1, 0.15) is 0 Å². The monoisotopic (exact) mass is 166 g/mol. The third-order valence-electron chi connectivity index (χ3n) is 1.51. The molecule has 0 aliphatic rings. The molecule has 0 aliphatic heterocycles. The number of hydrogen-bond donors (Lipinski definition) is 0. The maximum absolute atomic E-state index is 13.1. The van der Waals surface area contributed by atoms with Gasteiger partial charge in [-0.3, -0.25) is 0 Å². The summed E-state index contributed by atoms with van der Waals surface area (Å²) >= 11 is 0. The fourth-order valence-electron chi connectivity index (χ4n) is 0.983. The molecule has 0 aromatic heterocycles. The molecule has 1 rings (SSSR count). The average Bonchev–Trinajstić information content (AvgIpc) is 2.09. The second kappa shape index (κ2) is 3.90. The maximum Gasteiger partial charge on any atom is 0.165 e. The number of benzene rings is 1. The van der Waals surface area contributed by atoms with Crippen molar-refractivity contribution in [2.45, 2.75) is 6.92 Å². The van der Waals surface area contributed by atoms with Crippen molar-refractivity contribution in [1.82, 2.24) is 0 Å². The molecule has 1 aromatic carbocycles. The Balaban J connectivity index is 3.10. The van der Waals surface area contributed by atoms with Gasteiger partial charge in [0.25, 0.3) is 0 Å². The van der Waals surface area contributed by atoms with Crippen LogP contribution in [0.4, 0.5) is 4.39 Å². The second-order valence-electron chi connectivity index (χ2n) is 2.30. The van der Waals surface area contributed by atoms with Crippen LogP contribution in [-0.4, -0.2) is 6.61 Å². The quantitative estimate of drug-likeness (QED) is 0.670. The Bertz CT molecular complexity index is 281. The summed E-state index contributed by atoms with van der Waals surface area (Å²) in [6.45, 7) is 5.85. The van der Waals surface area contributed by atoms with Crippen molar-refractivity contribution in [3.63, 3.8) is 0 Å². The van der Waals surface area contributed by atoms with Crippen molar-refractivity contribution >= 4 is 6.08 Å². The second-order valence-corrected chi connectivity index (χ2v) is 2.30. The van der Waals surface area contributed by atoms with Crippen molar-refractivity contribution in [1.29, 1.82) is 0 Å². The SMILES string of the molecule is C=Cc1cccc(F)c1OCC. The molecule has 1 aromatic rings. The van der Waals surface area contributed by atoms with E-state index in [1.807, 2.05) is 6.92 Å². The highest BCUT2D eigenvalue weighted by atomic mass is 19.1. The zero-order valence-corrected chi connectivity index (χ0v) is 7.01. The molecular weight excluding hydrogens is 155 g/mol. The first-order chi connectivity index (χ1) is 5.79. The summed E-state index contributed by atoms with van der Waals surface area (Å²) in [4.78, 5) is 0. The Hall–Kier alpha value is -1.31. The highest BCUT2D eigenvalue weighted by molar-refractivity contribution is 5.55. The fraction of sp³-hybridized carbons (Fsp3) is 0.200. The highest BCUT2D eigenvalue weighted by Gasteiger charge is 2.05. The van der Waals surface area contributed by atoms with Gasteiger partial charge >= 0.3 is 0 Å². The molecule has 0 saturated heterocycles. The first-order valence-corrected chi connectivity index (χ1v) is 3.83. The van der Waals surface area contributed by atoms with Crippen LogP contribution in [0.15, 0.2) is 24.8 Å². The van der Waals surface area contributed by atoms with E-state index in [1.165, 1.54) is 6.07 Å². The van der Waals surface area contributed by atoms with E-state index in [0.717, 1.165) is 0 Å². The molecule has 0 bridgehead atoms. The minimum absolute atomic E-state index is 0.287. The number of ether oxygens (including phenoxy) is 1. The summed E-state index contributed by atoms with van der Waals surface area (Å²) in [5.41, 5.74) is 0.692. The standard InChI is InChI=1S/C10H11FO/c1-3-8-6-5-7-9(11)10(8)12-4-2/h3,5-7H,1,4H2,2H3. The number of hydrogen-bond acceptors (Lipinski definition) is 1. The molecule has 12 heavy (non-hydrogen) atoms. The number of rotatable bonds is 3. The Morgan fingerprint density at radius 2 is 2.33 bits per heavy atom. The molecule has 0 fully saturated rings. The lowest BCUT2D eigenvalue weighted by molar-refractivity contribution is 0.321. The van der Waals surface area contributed by atoms with Crippen LogP contribution in [0.2, 0.25) is 0 Å². The third-order valence-corrected chi connectivity index (χ3v) is 1.51. The van der Waals surface area contributed by atoms with E-state index in [0.29, 0.717) is 12.2 Å². The molecule has 0 saturated carbocycles.